The van der Waals surface area contributed by atoms with E-state index in [1.54, 1.807) is 6.92 Å². The Labute approximate surface area is 140 Å². The molecule has 2 amide bonds. The monoisotopic (exact) mass is 369 g/mol. The molecule has 1 aliphatic heterocycles. The lowest BCUT2D eigenvalue weighted by molar-refractivity contribution is -0.143. The van der Waals surface area contributed by atoms with Gasteiger partial charge in [-0.25, -0.2) is 4.79 Å². The van der Waals surface area contributed by atoms with Crippen LogP contribution in [0.2, 0.25) is 0 Å². The number of hydrogen-bond acceptors (Lipinski definition) is 2. The summed E-state index contributed by atoms with van der Waals surface area (Å²) in [5.41, 5.74) is -2.84. The number of hydrogen-bond donors (Lipinski definition) is 1. The Morgan fingerprint density at radius 2 is 1.44 bits per heavy atom. The maximum atomic E-state index is 12.9. The van der Waals surface area contributed by atoms with Crippen LogP contribution in [0.1, 0.15) is 18.1 Å². The van der Waals surface area contributed by atoms with E-state index in [0.717, 1.165) is 0 Å². The van der Waals surface area contributed by atoms with Crippen LogP contribution in [0, 0.1) is 0 Å². The Morgan fingerprint density at radius 1 is 0.960 bits per heavy atom. The van der Waals surface area contributed by atoms with Gasteiger partial charge in [-0.05, 0) is 25.1 Å². The van der Waals surface area contributed by atoms with Crippen molar-refractivity contribution in [3.63, 3.8) is 0 Å². The first-order valence-electron chi connectivity index (χ1n) is 7.59. The fourth-order valence-corrected chi connectivity index (χ4v) is 2.55. The highest BCUT2D eigenvalue weighted by atomic mass is 19.4. The molecule has 0 bridgehead atoms. The largest absolute Gasteiger partial charge is 0.416 e. The summed E-state index contributed by atoms with van der Waals surface area (Å²) in [6.45, 7) is 2.90. The van der Waals surface area contributed by atoms with Crippen LogP contribution >= 0.6 is 0 Å². The number of amides is 2. The normalized spacial score (nSPS) is 16.1. The highest BCUT2D eigenvalue weighted by Gasteiger charge is 2.37. The minimum atomic E-state index is -4.88. The van der Waals surface area contributed by atoms with Crippen LogP contribution in [0.15, 0.2) is 18.2 Å². The molecule has 0 atom stereocenters. The Kier molecular flexibility index (Phi) is 5.38. The maximum absolute atomic E-state index is 12.9. The standard InChI is InChI=1S/C15H17F6N3O/c1-2-22-13(25)24-5-3-23(4-6-24)12-8-10(14(16,17)18)7-11(9-12)15(19,20)21/h7-9H,2-6H2,1H3,(H,22,25). The minimum absolute atomic E-state index is 0.106. The quantitative estimate of drug-likeness (QED) is 0.809. The lowest BCUT2D eigenvalue weighted by Gasteiger charge is -2.36. The minimum Gasteiger partial charge on any atom is -0.368 e. The zero-order valence-corrected chi connectivity index (χ0v) is 13.3. The van der Waals surface area contributed by atoms with Gasteiger partial charge in [-0.1, -0.05) is 0 Å². The van der Waals surface area contributed by atoms with Crippen LogP contribution in [0.25, 0.3) is 0 Å². The molecule has 1 heterocycles. The van der Waals surface area contributed by atoms with Crippen molar-refractivity contribution in [2.75, 3.05) is 37.6 Å². The van der Waals surface area contributed by atoms with Gasteiger partial charge in [0.2, 0.25) is 0 Å². The van der Waals surface area contributed by atoms with Gasteiger partial charge in [-0.2, -0.15) is 26.3 Å². The summed E-state index contributed by atoms with van der Waals surface area (Å²) in [6.07, 6.45) is -9.75. The highest BCUT2D eigenvalue weighted by molar-refractivity contribution is 5.74. The summed E-state index contributed by atoms with van der Waals surface area (Å²) in [5, 5.41) is 2.60. The molecule has 0 spiro atoms. The molecule has 0 radical (unpaired) electrons. The van der Waals surface area contributed by atoms with Gasteiger partial charge in [0.1, 0.15) is 0 Å². The van der Waals surface area contributed by atoms with Crippen molar-refractivity contribution in [3.8, 4) is 0 Å². The summed E-state index contributed by atoms with van der Waals surface area (Å²) in [6, 6.07) is 1.21. The van der Waals surface area contributed by atoms with Crippen molar-refractivity contribution in [1.82, 2.24) is 10.2 Å². The van der Waals surface area contributed by atoms with E-state index in [4.69, 9.17) is 0 Å². The fourth-order valence-electron chi connectivity index (χ4n) is 2.55. The second kappa shape index (κ2) is 7.01. The number of carbonyl (C=O) groups excluding carboxylic acids is 1. The van der Waals surface area contributed by atoms with Gasteiger partial charge in [0.25, 0.3) is 0 Å². The van der Waals surface area contributed by atoms with Gasteiger partial charge in [0.05, 0.1) is 11.1 Å². The molecule has 0 unspecified atom stereocenters. The van der Waals surface area contributed by atoms with E-state index in [0.29, 0.717) is 18.7 Å². The highest BCUT2D eigenvalue weighted by Crippen LogP contribution is 2.38. The molecule has 0 aromatic heterocycles. The van der Waals surface area contributed by atoms with Gasteiger partial charge in [0, 0.05) is 38.4 Å². The molecule has 25 heavy (non-hydrogen) atoms. The zero-order chi connectivity index (χ0) is 18.8. The number of halogens is 6. The first-order valence-corrected chi connectivity index (χ1v) is 7.59. The van der Waals surface area contributed by atoms with E-state index in [-0.39, 0.29) is 44.0 Å². The smallest absolute Gasteiger partial charge is 0.368 e. The van der Waals surface area contributed by atoms with Crippen LogP contribution in [0.4, 0.5) is 36.8 Å². The summed E-state index contributed by atoms with van der Waals surface area (Å²) < 4.78 is 77.5. The number of alkyl halides is 6. The number of rotatable bonds is 2. The molecule has 140 valence electrons. The van der Waals surface area contributed by atoms with Crippen LogP contribution < -0.4 is 10.2 Å². The molecule has 4 nitrogen and oxygen atoms in total. The number of anilines is 1. The van der Waals surface area contributed by atoms with E-state index in [9.17, 15) is 31.1 Å². The van der Waals surface area contributed by atoms with Gasteiger partial charge in [-0.15, -0.1) is 0 Å². The lowest BCUT2D eigenvalue weighted by atomic mass is 10.1. The number of benzene rings is 1. The van der Waals surface area contributed by atoms with Gasteiger partial charge < -0.3 is 15.1 Å². The summed E-state index contributed by atoms with van der Waals surface area (Å²) in [4.78, 5) is 14.6. The second-order valence-corrected chi connectivity index (χ2v) is 5.57. The molecular formula is C15H17F6N3O. The molecule has 1 aromatic rings. The second-order valence-electron chi connectivity index (χ2n) is 5.57. The molecule has 1 fully saturated rings. The van der Waals surface area contributed by atoms with Crippen molar-refractivity contribution in [3.05, 3.63) is 29.3 Å². The third-order valence-corrected chi connectivity index (χ3v) is 3.83. The van der Waals surface area contributed by atoms with Crippen LogP contribution in [-0.2, 0) is 12.4 Å². The number of piperazine rings is 1. The van der Waals surface area contributed by atoms with Crippen molar-refractivity contribution >= 4 is 11.7 Å². The van der Waals surface area contributed by atoms with Crippen molar-refractivity contribution in [2.24, 2.45) is 0 Å². The van der Waals surface area contributed by atoms with Crippen LogP contribution in [-0.4, -0.2) is 43.7 Å². The predicted octanol–water partition coefficient (Wildman–Crippen LogP) is 3.58. The van der Waals surface area contributed by atoms with Crippen LogP contribution in [0.5, 0.6) is 0 Å². The molecule has 1 N–H and O–H groups in total. The number of nitrogens with zero attached hydrogens (tertiary/aromatic N) is 2. The first-order chi connectivity index (χ1) is 11.5. The molecule has 1 aliphatic rings. The molecule has 10 heteroatoms. The van der Waals surface area contributed by atoms with Crippen molar-refractivity contribution in [1.29, 1.82) is 0 Å². The number of carbonyl (C=O) groups is 1. The number of nitrogens with one attached hydrogen (secondary N) is 1. The SMILES string of the molecule is CCNC(=O)N1CCN(c2cc(C(F)(F)F)cc(C(F)(F)F)c2)CC1. The van der Waals surface area contributed by atoms with E-state index in [1.807, 2.05) is 0 Å². The van der Waals surface area contributed by atoms with Gasteiger partial charge in [-0.3, -0.25) is 0 Å². The first kappa shape index (κ1) is 19.2. The molecule has 1 saturated heterocycles. The Balaban J connectivity index is 2.23. The fraction of sp³-hybridized carbons (Fsp3) is 0.533. The van der Waals surface area contributed by atoms with Gasteiger partial charge >= 0.3 is 18.4 Å². The predicted molar refractivity (Wildman–Crippen MR) is 79.3 cm³/mol. The van der Waals surface area contributed by atoms with E-state index in [2.05, 4.69) is 5.32 Å². The third-order valence-electron chi connectivity index (χ3n) is 3.83. The Hall–Kier alpha value is -2.13. The van der Waals surface area contributed by atoms with E-state index >= 15 is 0 Å². The number of urea groups is 1. The Bertz CT molecular complexity index is 588. The summed E-state index contributed by atoms with van der Waals surface area (Å²) in [7, 11) is 0. The molecule has 2 rings (SSSR count). The van der Waals surface area contributed by atoms with E-state index in [1.165, 1.54) is 9.80 Å². The van der Waals surface area contributed by atoms with Crippen molar-refractivity contribution < 1.29 is 31.1 Å². The maximum Gasteiger partial charge on any atom is 0.416 e. The zero-order valence-electron chi connectivity index (χ0n) is 13.3. The average molecular weight is 369 g/mol. The summed E-state index contributed by atoms with van der Waals surface area (Å²) in [5.74, 6) is 0. The van der Waals surface area contributed by atoms with Crippen molar-refractivity contribution in [2.45, 2.75) is 19.3 Å². The third kappa shape index (κ3) is 4.70. The molecule has 0 aliphatic carbocycles. The summed E-state index contributed by atoms with van der Waals surface area (Å²) >= 11 is 0. The molecule has 0 saturated carbocycles. The molecule has 1 aromatic carbocycles. The molecular weight excluding hydrogens is 352 g/mol. The average Bonchev–Trinajstić information content (AvgIpc) is 2.53. The lowest BCUT2D eigenvalue weighted by Crippen LogP contribution is -2.51. The van der Waals surface area contributed by atoms with Gasteiger partial charge in [0.15, 0.2) is 0 Å². The topological polar surface area (TPSA) is 35.6 Å². The Morgan fingerprint density at radius 3 is 1.84 bits per heavy atom. The van der Waals surface area contributed by atoms with Crippen LogP contribution in [0.3, 0.4) is 0 Å². The van der Waals surface area contributed by atoms with E-state index < -0.39 is 23.5 Å².